The highest BCUT2D eigenvalue weighted by molar-refractivity contribution is 5.75. The van der Waals surface area contributed by atoms with Gasteiger partial charge >= 0.3 is 5.69 Å². The van der Waals surface area contributed by atoms with E-state index < -0.39 is 0 Å². The highest BCUT2D eigenvalue weighted by Gasteiger charge is 2.14. The van der Waals surface area contributed by atoms with Crippen LogP contribution in [0.4, 0.5) is 0 Å². The van der Waals surface area contributed by atoms with Crippen molar-refractivity contribution in [1.29, 1.82) is 0 Å². The van der Waals surface area contributed by atoms with E-state index in [1.54, 1.807) is 0 Å². The molecular formula is C20H22N2O4. The third-order valence-corrected chi connectivity index (χ3v) is 4.51. The van der Waals surface area contributed by atoms with Gasteiger partial charge in [0.1, 0.15) is 5.75 Å². The van der Waals surface area contributed by atoms with Crippen molar-refractivity contribution in [1.82, 2.24) is 9.13 Å². The minimum Gasteiger partial charge on any atom is -0.493 e. The van der Waals surface area contributed by atoms with E-state index in [-0.39, 0.29) is 12.5 Å². The molecule has 2 heterocycles. The van der Waals surface area contributed by atoms with Crippen LogP contribution in [0.5, 0.6) is 17.2 Å². The predicted molar refractivity (Wildman–Crippen MR) is 99.2 cm³/mol. The summed E-state index contributed by atoms with van der Waals surface area (Å²) in [6, 6.07) is 13.5. The average molecular weight is 354 g/mol. The monoisotopic (exact) mass is 354 g/mol. The molecule has 6 nitrogen and oxygen atoms in total. The van der Waals surface area contributed by atoms with Gasteiger partial charge in [0.25, 0.3) is 0 Å². The fourth-order valence-electron chi connectivity index (χ4n) is 3.31. The van der Waals surface area contributed by atoms with Crippen molar-refractivity contribution in [2.75, 3.05) is 13.4 Å². The molecule has 2 aromatic carbocycles. The van der Waals surface area contributed by atoms with E-state index >= 15 is 0 Å². The lowest BCUT2D eigenvalue weighted by Crippen LogP contribution is -2.25. The number of para-hydroxylation sites is 2. The molecule has 0 saturated carbocycles. The van der Waals surface area contributed by atoms with Crippen LogP contribution in [0.2, 0.25) is 0 Å². The zero-order valence-electron chi connectivity index (χ0n) is 14.8. The Hall–Kier alpha value is -2.89. The lowest BCUT2D eigenvalue weighted by molar-refractivity contribution is 0.173. The number of ether oxygens (including phenoxy) is 3. The van der Waals surface area contributed by atoms with E-state index in [4.69, 9.17) is 14.2 Å². The summed E-state index contributed by atoms with van der Waals surface area (Å²) >= 11 is 0. The first-order chi connectivity index (χ1) is 12.8. The first-order valence-corrected chi connectivity index (χ1v) is 8.98. The molecule has 4 rings (SSSR count). The number of nitrogens with zero attached hydrogens (tertiary/aromatic N) is 2. The smallest absolute Gasteiger partial charge is 0.329 e. The summed E-state index contributed by atoms with van der Waals surface area (Å²) in [6.45, 7) is 4.22. The van der Waals surface area contributed by atoms with Gasteiger partial charge < -0.3 is 14.2 Å². The van der Waals surface area contributed by atoms with Gasteiger partial charge in [-0.25, -0.2) is 4.79 Å². The zero-order valence-corrected chi connectivity index (χ0v) is 14.8. The molecule has 0 amide bonds. The van der Waals surface area contributed by atoms with Gasteiger partial charge in [-0.05, 0) is 37.1 Å². The number of benzene rings is 2. The quantitative estimate of drug-likeness (QED) is 0.610. The topological polar surface area (TPSA) is 54.6 Å². The van der Waals surface area contributed by atoms with Gasteiger partial charge in [0, 0.05) is 19.2 Å². The van der Waals surface area contributed by atoms with Crippen molar-refractivity contribution < 1.29 is 14.2 Å². The van der Waals surface area contributed by atoms with E-state index in [0.717, 1.165) is 41.9 Å². The minimum absolute atomic E-state index is 0.0520. The Kier molecular flexibility index (Phi) is 4.56. The molecule has 0 bridgehead atoms. The van der Waals surface area contributed by atoms with E-state index in [1.807, 2.05) is 51.6 Å². The summed E-state index contributed by atoms with van der Waals surface area (Å²) in [4.78, 5) is 12.7. The Bertz CT molecular complexity index is 974. The van der Waals surface area contributed by atoms with Crippen LogP contribution in [0.1, 0.15) is 19.8 Å². The first-order valence-electron chi connectivity index (χ1n) is 8.98. The summed E-state index contributed by atoms with van der Waals surface area (Å²) < 4.78 is 20.1. The summed E-state index contributed by atoms with van der Waals surface area (Å²) in [5.74, 6) is 2.20. The van der Waals surface area contributed by atoms with E-state index in [1.165, 1.54) is 0 Å². The predicted octanol–water partition coefficient (Wildman–Crippen LogP) is 3.41. The Balaban J connectivity index is 1.43. The van der Waals surface area contributed by atoms with Crippen molar-refractivity contribution in [2.45, 2.75) is 32.9 Å². The maximum absolute atomic E-state index is 12.7. The van der Waals surface area contributed by atoms with Gasteiger partial charge in [-0.1, -0.05) is 19.1 Å². The van der Waals surface area contributed by atoms with Crippen LogP contribution in [0.15, 0.2) is 47.3 Å². The zero-order chi connectivity index (χ0) is 17.9. The summed E-state index contributed by atoms with van der Waals surface area (Å²) in [7, 11) is 0. The second-order valence-corrected chi connectivity index (χ2v) is 6.29. The lowest BCUT2D eigenvalue weighted by Gasteiger charge is -2.07. The van der Waals surface area contributed by atoms with Crippen molar-refractivity contribution >= 4 is 11.0 Å². The summed E-state index contributed by atoms with van der Waals surface area (Å²) in [6.07, 6.45) is 1.68. The molecule has 0 fully saturated rings. The van der Waals surface area contributed by atoms with Crippen molar-refractivity contribution in [3.8, 4) is 17.2 Å². The van der Waals surface area contributed by atoms with Gasteiger partial charge in [0.15, 0.2) is 11.5 Å². The van der Waals surface area contributed by atoms with Crippen LogP contribution >= 0.6 is 0 Å². The van der Waals surface area contributed by atoms with Gasteiger partial charge in [0.05, 0.1) is 17.6 Å². The molecule has 0 aliphatic carbocycles. The maximum Gasteiger partial charge on any atom is 0.329 e. The molecule has 0 unspecified atom stereocenters. The molecule has 1 aliphatic heterocycles. The van der Waals surface area contributed by atoms with Gasteiger partial charge in [-0.15, -0.1) is 0 Å². The van der Waals surface area contributed by atoms with Gasteiger partial charge in [0.2, 0.25) is 6.79 Å². The molecule has 3 aromatic rings. The molecule has 0 atom stereocenters. The molecule has 26 heavy (non-hydrogen) atoms. The van der Waals surface area contributed by atoms with E-state index in [9.17, 15) is 4.79 Å². The number of aryl methyl sites for hydroxylation is 2. The SMILES string of the molecule is CCCn1c(=O)n(CCCOc2ccc3c(c2)OCO3)c2ccccc21. The van der Waals surface area contributed by atoms with E-state index in [0.29, 0.717) is 18.9 Å². The van der Waals surface area contributed by atoms with Crippen molar-refractivity contribution in [3.63, 3.8) is 0 Å². The Morgan fingerprint density at radius 2 is 1.73 bits per heavy atom. The minimum atomic E-state index is 0.0520. The van der Waals surface area contributed by atoms with Crippen LogP contribution in [-0.2, 0) is 13.1 Å². The van der Waals surface area contributed by atoms with Gasteiger partial charge in [-0.3, -0.25) is 9.13 Å². The van der Waals surface area contributed by atoms with E-state index in [2.05, 4.69) is 6.92 Å². The molecular weight excluding hydrogens is 332 g/mol. The molecule has 0 saturated heterocycles. The summed E-state index contributed by atoms with van der Waals surface area (Å²) in [5, 5.41) is 0. The number of hydrogen-bond donors (Lipinski definition) is 0. The molecule has 136 valence electrons. The fraction of sp³-hybridized carbons (Fsp3) is 0.350. The number of aromatic nitrogens is 2. The molecule has 0 radical (unpaired) electrons. The molecule has 0 spiro atoms. The first kappa shape index (κ1) is 16.6. The average Bonchev–Trinajstić information content (AvgIpc) is 3.23. The highest BCUT2D eigenvalue weighted by atomic mass is 16.7. The van der Waals surface area contributed by atoms with Crippen molar-refractivity contribution in [2.24, 2.45) is 0 Å². The van der Waals surface area contributed by atoms with Crippen LogP contribution in [0.25, 0.3) is 11.0 Å². The maximum atomic E-state index is 12.7. The van der Waals surface area contributed by atoms with Crippen molar-refractivity contribution in [3.05, 3.63) is 52.9 Å². The third-order valence-electron chi connectivity index (χ3n) is 4.51. The van der Waals surface area contributed by atoms with Crippen LogP contribution < -0.4 is 19.9 Å². The molecule has 6 heteroatoms. The number of imidazole rings is 1. The largest absolute Gasteiger partial charge is 0.493 e. The fourth-order valence-corrected chi connectivity index (χ4v) is 3.31. The molecule has 0 N–H and O–H groups in total. The second-order valence-electron chi connectivity index (χ2n) is 6.29. The molecule has 1 aliphatic rings. The standard InChI is InChI=1S/C20H22N2O4/c1-2-10-21-16-6-3-4-7-17(16)22(20(21)23)11-5-12-24-15-8-9-18-19(13-15)26-14-25-18/h3-4,6-9,13H,2,5,10-12,14H2,1H3. The second kappa shape index (κ2) is 7.15. The third kappa shape index (κ3) is 3.03. The molecule has 1 aromatic heterocycles. The number of fused-ring (bicyclic) bond motifs is 2. The van der Waals surface area contributed by atoms with Crippen LogP contribution in [-0.4, -0.2) is 22.5 Å². The Morgan fingerprint density at radius 1 is 1.00 bits per heavy atom. The Morgan fingerprint density at radius 3 is 2.50 bits per heavy atom. The number of hydrogen-bond acceptors (Lipinski definition) is 4. The summed E-state index contributed by atoms with van der Waals surface area (Å²) in [5.41, 5.74) is 2.03. The normalized spacial score (nSPS) is 12.7. The van der Waals surface area contributed by atoms with Gasteiger partial charge in [-0.2, -0.15) is 0 Å². The highest BCUT2D eigenvalue weighted by Crippen LogP contribution is 2.35. The number of rotatable bonds is 7. The Labute approximate surface area is 151 Å². The van der Waals surface area contributed by atoms with Crippen LogP contribution in [0, 0.1) is 0 Å². The van der Waals surface area contributed by atoms with Crippen LogP contribution in [0.3, 0.4) is 0 Å². The lowest BCUT2D eigenvalue weighted by atomic mass is 10.3.